The van der Waals surface area contributed by atoms with Crippen LogP contribution in [0.3, 0.4) is 0 Å². The first-order valence-electron chi connectivity index (χ1n) is 5.97. The molecule has 0 aromatic carbocycles. The molecule has 1 aliphatic rings. The quantitative estimate of drug-likeness (QED) is 0.777. The van der Waals surface area contributed by atoms with Crippen LogP contribution in [-0.2, 0) is 11.8 Å². The summed E-state index contributed by atoms with van der Waals surface area (Å²) in [6.07, 6.45) is 4.88. The molecular formula is C13H15N3OS. The highest BCUT2D eigenvalue weighted by molar-refractivity contribution is 7.10. The number of thiophene rings is 1. The molecule has 3 rings (SSSR count). The summed E-state index contributed by atoms with van der Waals surface area (Å²) in [5.41, 5.74) is 2.52. The summed E-state index contributed by atoms with van der Waals surface area (Å²) < 4.78 is 1.81. The van der Waals surface area contributed by atoms with Gasteiger partial charge in [-0.1, -0.05) is 0 Å². The van der Waals surface area contributed by atoms with Crippen LogP contribution >= 0.6 is 11.3 Å². The Hall–Kier alpha value is -1.62. The maximum atomic E-state index is 11.2. The Morgan fingerprint density at radius 1 is 1.56 bits per heavy atom. The molecule has 2 aromatic rings. The number of rotatable bonds is 2. The van der Waals surface area contributed by atoms with Gasteiger partial charge < -0.3 is 4.90 Å². The van der Waals surface area contributed by atoms with Gasteiger partial charge in [-0.2, -0.15) is 5.10 Å². The Morgan fingerprint density at radius 2 is 2.39 bits per heavy atom. The summed E-state index contributed by atoms with van der Waals surface area (Å²) in [5.74, 6) is 0.251. The molecule has 0 saturated heterocycles. The minimum atomic E-state index is 0.186. The number of fused-ring (bicyclic) bond motifs is 1. The number of carbonyl (C=O) groups is 1. The van der Waals surface area contributed by atoms with E-state index in [1.54, 1.807) is 11.3 Å². The van der Waals surface area contributed by atoms with Crippen molar-refractivity contribution in [2.45, 2.75) is 18.9 Å². The van der Waals surface area contributed by atoms with Crippen molar-refractivity contribution < 1.29 is 4.79 Å². The van der Waals surface area contributed by atoms with E-state index < -0.39 is 0 Å². The number of amides is 1. The third kappa shape index (κ3) is 1.66. The lowest BCUT2D eigenvalue weighted by Crippen LogP contribution is -2.34. The van der Waals surface area contributed by atoms with Gasteiger partial charge in [-0.15, -0.1) is 11.3 Å². The molecule has 0 bridgehead atoms. The summed E-state index contributed by atoms with van der Waals surface area (Å²) in [7, 11) is 1.92. The van der Waals surface area contributed by atoms with Crippen molar-refractivity contribution in [1.82, 2.24) is 14.7 Å². The monoisotopic (exact) mass is 261 g/mol. The molecule has 0 spiro atoms. The molecule has 2 aromatic heterocycles. The number of hydrogen-bond donors (Lipinski definition) is 0. The Labute approximate surface area is 110 Å². The summed E-state index contributed by atoms with van der Waals surface area (Å²) in [6.45, 7) is 2.82. The minimum absolute atomic E-state index is 0.186. The number of nitrogens with zero attached hydrogens (tertiary/aromatic N) is 3. The third-order valence-corrected chi connectivity index (χ3v) is 4.74. The molecule has 0 unspecified atom stereocenters. The van der Waals surface area contributed by atoms with E-state index in [0.29, 0.717) is 0 Å². The van der Waals surface area contributed by atoms with E-state index in [1.807, 2.05) is 29.0 Å². The first-order chi connectivity index (χ1) is 8.70. The number of carbonyl (C=O) groups excluding carboxylic acids is 1. The van der Waals surface area contributed by atoms with Gasteiger partial charge in [-0.25, -0.2) is 0 Å². The average Bonchev–Trinajstić information content (AvgIpc) is 2.99. The van der Waals surface area contributed by atoms with E-state index in [1.165, 1.54) is 16.0 Å². The molecule has 1 amide bonds. The van der Waals surface area contributed by atoms with Crippen LogP contribution in [0.4, 0.5) is 0 Å². The molecule has 5 heteroatoms. The summed E-state index contributed by atoms with van der Waals surface area (Å²) in [5, 5.41) is 6.34. The van der Waals surface area contributed by atoms with Crippen LogP contribution in [0.2, 0.25) is 0 Å². The molecule has 0 saturated carbocycles. The van der Waals surface area contributed by atoms with Gasteiger partial charge in [0.2, 0.25) is 6.41 Å². The van der Waals surface area contributed by atoms with E-state index in [4.69, 9.17) is 0 Å². The first kappa shape index (κ1) is 11.5. The Morgan fingerprint density at radius 3 is 3.06 bits per heavy atom. The molecule has 0 fully saturated rings. The zero-order chi connectivity index (χ0) is 12.7. The summed E-state index contributed by atoms with van der Waals surface area (Å²) in [6, 6.07) is 2.36. The van der Waals surface area contributed by atoms with Gasteiger partial charge in [-0.3, -0.25) is 9.48 Å². The highest BCUT2D eigenvalue weighted by Gasteiger charge is 2.32. The molecular weight excluding hydrogens is 246 g/mol. The van der Waals surface area contributed by atoms with Crippen molar-refractivity contribution in [1.29, 1.82) is 0 Å². The van der Waals surface area contributed by atoms with E-state index >= 15 is 0 Å². The highest BCUT2D eigenvalue weighted by Crippen LogP contribution is 2.41. The van der Waals surface area contributed by atoms with Crippen LogP contribution in [0, 0.1) is 0 Å². The second-order valence-corrected chi connectivity index (χ2v) is 5.67. The molecule has 18 heavy (non-hydrogen) atoms. The fourth-order valence-electron chi connectivity index (χ4n) is 2.62. The van der Waals surface area contributed by atoms with Crippen LogP contribution < -0.4 is 0 Å². The van der Waals surface area contributed by atoms with Gasteiger partial charge in [0.05, 0.1) is 12.2 Å². The van der Waals surface area contributed by atoms with Gasteiger partial charge in [-0.05, 0) is 29.5 Å². The van der Waals surface area contributed by atoms with Crippen molar-refractivity contribution in [3.05, 3.63) is 39.8 Å². The van der Waals surface area contributed by atoms with Crippen LogP contribution in [0.15, 0.2) is 23.8 Å². The lowest BCUT2D eigenvalue weighted by Gasteiger charge is -2.35. The Bertz CT molecular complexity index is 574. The van der Waals surface area contributed by atoms with E-state index in [-0.39, 0.29) is 12.0 Å². The standard InChI is InChI=1S/C13H15N3OS/c1-9-13-11(3-4-18-13)12(7-16(9)8-17)10-5-14-15(2)6-10/h3-6,8-9,12H,7H2,1-2H3/t9-,12+/m0/s1. The zero-order valence-electron chi connectivity index (χ0n) is 10.4. The summed E-state index contributed by atoms with van der Waals surface area (Å²) in [4.78, 5) is 14.4. The fraction of sp³-hybridized carbons (Fsp3) is 0.385. The summed E-state index contributed by atoms with van der Waals surface area (Å²) >= 11 is 1.73. The van der Waals surface area contributed by atoms with Gasteiger partial charge in [0.15, 0.2) is 0 Å². The van der Waals surface area contributed by atoms with Crippen LogP contribution in [0.25, 0.3) is 0 Å². The van der Waals surface area contributed by atoms with Gasteiger partial charge in [0.25, 0.3) is 0 Å². The third-order valence-electron chi connectivity index (χ3n) is 3.64. The lowest BCUT2D eigenvalue weighted by atomic mass is 9.88. The molecule has 4 nitrogen and oxygen atoms in total. The second kappa shape index (κ2) is 4.24. The lowest BCUT2D eigenvalue weighted by molar-refractivity contribution is -0.120. The molecule has 94 valence electrons. The number of hydrogen-bond acceptors (Lipinski definition) is 3. The van der Waals surface area contributed by atoms with Crippen molar-refractivity contribution in [2.24, 2.45) is 7.05 Å². The average molecular weight is 261 g/mol. The molecule has 0 aliphatic carbocycles. The molecule has 0 radical (unpaired) electrons. The molecule has 2 atom stereocenters. The topological polar surface area (TPSA) is 38.1 Å². The van der Waals surface area contributed by atoms with Crippen molar-refractivity contribution in [3.63, 3.8) is 0 Å². The van der Waals surface area contributed by atoms with Gasteiger partial charge in [0.1, 0.15) is 0 Å². The second-order valence-electron chi connectivity index (χ2n) is 4.72. The fourth-order valence-corrected chi connectivity index (χ4v) is 3.66. The zero-order valence-corrected chi connectivity index (χ0v) is 11.2. The van der Waals surface area contributed by atoms with Crippen LogP contribution in [0.5, 0.6) is 0 Å². The van der Waals surface area contributed by atoms with Crippen LogP contribution in [-0.4, -0.2) is 27.6 Å². The van der Waals surface area contributed by atoms with Crippen LogP contribution in [0.1, 0.15) is 34.9 Å². The highest BCUT2D eigenvalue weighted by atomic mass is 32.1. The number of aromatic nitrogens is 2. The van der Waals surface area contributed by atoms with Crippen molar-refractivity contribution >= 4 is 17.7 Å². The molecule has 1 aliphatic heterocycles. The molecule has 0 N–H and O–H groups in total. The smallest absolute Gasteiger partial charge is 0.210 e. The van der Waals surface area contributed by atoms with Gasteiger partial charge >= 0.3 is 0 Å². The van der Waals surface area contributed by atoms with E-state index in [9.17, 15) is 4.79 Å². The Balaban J connectivity index is 2.06. The maximum absolute atomic E-state index is 11.2. The Kier molecular flexibility index (Phi) is 2.70. The van der Waals surface area contributed by atoms with Gasteiger partial charge in [0, 0.05) is 30.6 Å². The van der Waals surface area contributed by atoms with Crippen molar-refractivity contribution in [2.75, 3.05) is 6.54 Å². The SMILES string of the molecule is C[C@H]1c2sccc2[C@@H](c2cnn(C)c2)CN1C=O. The van der Waals surface area contributed by atoms with Crippen molar-refractivity contribution in [3.8, 4) is 0 Å². The normalized spacial score (nSPS) is 22.9. The number of aryl methyl sites for hydroxylation is 1. The minimum Gasteiger partial charge on any atom is -0.337 e. The maximum Gasteiger partial charge on any atom is 0.210 e. The predicted octanol–water partition coefficient (Wildman–Crippen LogP) is 2.15. The van der Waals surface area contributed by atoms with E-state index in [0.717, 1.165) is 13.0 Å². The molecule has 3 heterocycles. The van der Waals surface area contributed by atoms with E-state index in [2.05, 4.69) is 23.5 Å². The predicted molar refractivity (Wildman–Crippen MR) is 70.6 cm³/mol. The first-order valence-corrected chi connectivity index (χ1v) is 6.85. The largest absolute Gasteiger partial charge is 0.337 e.